The number of nitrogens with zero attached hydrogens (tertiary/aromatic N) is 1. The normalized spacial score (nSPS) is 14.1. The average molecular weight is 260 g/mol. The van der Waals surface area contributed by atoms with Crippen molar-refractivity contribution < 1.29 is 9.13 Å². The third-order valence-electron chi connectivity index (χ3n) is 2.91. The van der Waals surface area contributed by atoms with E-state index >= 15 is 0 Å². The highest BCUT2D eigenvalue weighted by Gasteiger charge is 2.22. The fraction of sp³-hybridized carbons (Fsp3) is 0.267. The van der Waals surface area contributed by atoms with Crippen LogP contribution in [0.25, 0.3) is 0 Å². The van der Waals surface area contributed by atoms with Crippen molar-refractivity contribution in [2.24, 2.45) is 5.73 Å². The van der Waals surface area contributed by atoms with Crippen LogP contribution in [-0.4, -0.2) is 11.6 Å². The predicted molar refractivity (Wildman–Crippen MR) is 71.9 cm³/mol. The van der Waals surface area contributed by atoms with Gasteiger partial charge in [0.25, 0.3) is 0 Å². The minimum Gasteiger partial charge on any atom is -0.372 e. The van der Waals surface area contributed by atoms with Crippen molar-refractivity contribution in [3.63, 3.8) is 0 Å². The Morgan fingerprint density at radius 2 is 1.95 bits per heavy atom. The summed E-state index contributed by atoms with van der Waals surface area (Å²) in [7, 11) is 0. The minimum atomic E-state index is -0.453. The fourth-order valence-corrected chi connectivity index (χ4v) is 2.01. The summed E-state index contributed by atoms with van der Waals surface area (Å²) in [6.45, 7) is 2.45. The van der Waals surface area contributed by atoms with Crippen molar-refractivity contribution in [3.8, 4) is 0 Å². The number of rotatable bonds is 5. The van der Waals surface area contributed by atoms with Gasteiger partial charge >= 0.3 is 0 Å². The summed E-state index contributed by atoms with van der Waals surface area (Å²) in [6.07, 6.45) is 2.42. The van der Waals surface area contributed by atoms with Gasteiger partial charge in [-0.25, -0.2) is 4.39 Å². The smallest absolute Gasteiger partial charge is 0.141 e. The van der Waals surface area contributed by atoms with Crippen molar-refractivity contribution in [1.82, 2.24) is 4.98 Å². The Morgan fingerprint density at radius 3 is 2.58 bits per heavy atom. The highest BCUT2D eigenvalue weighted by Crippen LogP contribution is 2.29. The number of pyridine rings is 1. The van der Waals surface area contributed by atoms with Crippen LogP contribution in [0.5, 0.6) is 0 Å². The molecule has 0 saturated heterocycles. The monoisotopic (exact) mass is 260 g/mol. The van der Waals surface area contributed by atoms with Crippen LogP contribution in [0.15, 0.2) is 48.8 Å². The van der Waals surface area contributed by atoms with Crippen molar-refractivity contribution in [3.05, 3.63) is 65.7 Å². The van der Waals surface area contributed by atoms with Crippen molar-refractivity contribution in [2.75, 3.05) is 6.61 Å². The lowest BCUT2D eigenvalue weighted by Crippen LogP contribution is -2.22. The van der Waals surface area contributed by atoms with Crippen molar-refractivity contribution in [1.29, 1.82) is 0 Å². The van der Waals surface area contributed by atoms with E-state index in [1.54, 1.807) is 6.20 Å². The van der Waals surface area contributed by atoms with Crippen molar-refractivity contribution in [2.45, 2.75) is 19.1 Å². The lowest BCUT2D eigenvalue weighted by molar-refractivity contribution is 0.0428. The summed E-state index contributed by atoms with van der Waals surface area (Å²) in [5.41, 5.74) is 7.79. The Morgan fingerprint density at radius 1 is 1.21 bits per heavy atom. The largest absolute Gasteiger partial charge is 0.372 e. The standard InChI is InChI=1S/C15H17FN2O/c1-2-19-15(11-6-4-3-5-7-11)14(17)12-8-13(16)10-18-9-12/h3-10,14-15H,2,17H2,1H3. The molecular formula is C15H17FN2O. The number of hydrogen-bond acceptors (Lipinski definition) is 3. The molecule has 0 aliphatic heterocycles. The number of benzene rings is 1. The van der Waals surface area contributed by atoms with Crippen LogP contribution in [0.2, 0.25) is 0 Å². The molecule has 1 aromatic carbocycles. The van der Waals surface area contributed by atoms with Crippen molar-refractivity contribution >= 4 is 0 Å². The van der Waals surface area contributed by atoms with Gasteiger partial charge in [-0.2, -0.15) is 0 Å². The molecule has 100 valence electrons. The third kappa shape index (κ3) is 3.36. The van der Waals surface area contributed by atoms with Gasteiger partial charge in [-0.3, -0.25) is 4.98 Å². The first-order valence-corrected chi connectivity index (χ1v) is 6.25. The first-order chi connectivity index (χ1) is 9.22. The van der Waals surface area contributed by atoms with E-state index in [2.05, 4.69) is 4.98 Å². The predicted octanol–water partition coefficient (Wildman–Crippen LogP) is 3.00. The van der Waals surface area contributed by atoms with E-state index in [0.717, 1.165) is 11.8 Å². The highest BCUT2D eigenvalue weighted by atomic mass is 19.1. The van der Waals surface area contributed by atoms with Crippen LogP contribution >= 0.6 is 0 Å². The van der Waals surface area contributed by atoms with E-state index in [1.165, 1.54) is 6.07 Å². The summed E-state index contributed by atoms with van der Waals surface area (Å²) >= 11 is 0. The maximum Gasteiger partial charge on any atom is 0.141 e. The quantitative estimate of drug-likeness (QED) is 0.899. The zero-order valence-corrected chi connectivity index (χ0v) is 10.8. The molecule has 2 aromatic rings. The number of ether oxygens (including phenoxy) is 1. The first-order valence-electron chi connectivity index (χ1n) is 6.25. The Labute approximate surface area is 112 Å². The van der Waals surface area contributed by atoms with Crippen LogP contribution < -0.4 is 5.73 Å². The lowest BCUT2D eigenvalue weighted by Gasteiger charge is -2.24. The molecule has 0 fully saturated rings. The van der Waals surface area contributed by atoms with E-state index in [9.17, 15) is 4.39 Å². The zero-order chi connectivity index (χ0) is 13.7. The maximum absolute atomic E-state index is 13.2. The molecule has 0 aliphatic carbocycles. The summed E-state index contributed by atoms with van der Waals surface area (Å²) in [6, 6.07) is 10.6. The lowest BCUT2D eigenvalue weighted by atomic mass is 9.97. The van der Waals surface area contributed by atoms with Crippen LogP contribution in [0.1, 0.15) is 30.2 Å². The summed E-state index contributed by atoms with van der Waals surface area (Å²) < 4.78 is 18.9. The Kier molecular flexibility index (Phi) is 4.60. The second-order valence-corrected chi connectivity index (χ2v) is 4.25. The summed E-state index contributed by atoms with van der Waals surface area (Å²) in [5, 5.41) is 0. The van der Waals surface area contributed by atoms with Gasteiger partial charge in [-0.1, -0.05) is 30.3 Å². The van der Waals surface area contributed by atoms with Gasteiger partial charge in [0.1, 0.15) is 11.9 Å². The molecule has 2 rings (SSSR count). The second-order valence-electron chi connectivity index (χ2n) is 4.25. The molecule has 4 heteroatoms. The molecule has 2 unspecified atom stereocenters. The molecule has 0 bridgehead atoms. The number of halogens is 1. The number of hydrogen-bond donors (Lipinski definition) is 1. The molecular weight excluding hydrogens is 243 g/mol. The Balaban J connectivity index is 2.29. The number of nitrogens with two attached hydrogens (primary N) is 1. The van der Waals surface area contributed by atoms with Gasteiger partial charge < -0.3 is 10.5 Å². The van der Waals surface area contributed by atoms with E-state index in [1.807, 2.05) is 37.3 Å². The maximum atomic E-state index is 13.2. The molecule has 0 saturated carbocycles. The van der Waals surface area contributed by atoms with Crippen LogP contribution in [0.4, 0.5) is 4.39 Å². The molecule has 0 amide bonds. The number of aromatic nitrogens is 1. The summed E-state index contributed by atoms with van der Waals surface area (Å²) in [4.78, 5) is 3.83. The van der Waals surface area contributed by atoms with Gasteiger partial charge in [-0.05, 0) is 24.1 Å². The average Bonchev–Trinajstić information content (AvgIpc) is 2.45. The molecule has 0 spiro atoms. The van der Waals surface area contributed by atoms with E-state index in [0.29, 0.717) is 12.2 Å². The van der Waals surface area contributed by atoms with Crippen LogP contribution in [0, 0.1) is 5.82 Å². The molecule has 0 aliphatic rings. The molecule has 1 heterocycles. The second kappa shape index (κ2) is 6.41. The Hall–Kier alpha value is -1.78. The molecule has 19 heavy (non-hydrogen) atoms. The zero-order valence-electron chi connectivity index (χ0n) is 10.8. The molecule has 0 radical (unpaired) electrons. The summed E-state index contributed by atoms with van der Waals surface area (Å²) in [5.74, 6) is -0.392. The van der Waals surface area contributed by atoms with Gasteiger partial charge in [0.2, 0.25) is 0 Å². The van der Waals surface area contributed by atoms with E-state index in [-0.39, 0.29) is 6.10 Å². The van der Waals surface area contributed by atoms with Gasteiger partial charge in [-0.15, -0.1) is 0 Å². The van der Waals surface area contributed by atoms with Gasteiger partial charge in [0.05, 0.1) is 12.2 Å². The third-order valence-corrected chi connectivity index (χ3v) is 2.91. The molecule has 1 aromatic heterocycles. The first kappa shape index (κ1) is 13.6. The molecule has 2 atom stereocenters. The van der Waals surface area contributed by atoms with Gasteiger partial charge in [0.15, 0.2) is 0 Å². The molecule has 2 N–H and O–H groups in total. The SMILES string of the molecule is CCOC(c1ccccc1)C(N)c1cncc(F)c1. The Bertz CT molecular complexity index is 519. The fourth-order valence-electron chi connectivity index (χ4n) is 2.01. The molecule has 3 nitrogen and oxygen atoms in total. The minimum absolute atomic E-state index is 0.310. The van der Waals surface area contributed by atoms with E-state index < -0.39 is 11.9 Å². The topological polar surface area (TPSA) is 48.1 Å². The van der Waals surface area contributed by atoms with Gasteiger partial charge in [0, 0.05) is 12.8 Å². The van der Waals surface area contributed by atoms with Crippen LogP contribution in [0.3, 0.4) is 0 Å². The van der Waals surface area contributed by atoms with E-state index in [4.69, 9.17) is 10.5 Å². The van der Waals surface area contributed by atoms with Crippen LogP contribution in [-0.2, 0) is 4.74 Å². The highest BCUT2D eigenvalue weighted by molar-refractivity contribution is 5.24.